The molecule has 26 heavy (non-hydrogen) atoms. The van der Waals surface area contributed by atoms with E-state index < -0.39 is 0 Å². The van der Waals surface area contributed by atoms with Gasteiger partial charge in [-0.2, -0.15) is 0 Å². The van der Waals surface area contributed by atoms with Crippen LogP contribution in [-0.2, 0) is 0 Å². The minimum absolute atomic E-state index is 0.0276. The van der Waals surface area contributed by atoms with Gasteiger partial charge in [0.1, 0.15) is 0 Å². The molecule has 4 nitrogen and oxygen atoms in total. The molecule has 4 rings (SSSR count). The van der Waals surface area contributed by atoms with E-state index in [1.807, 2.05) is 11.0 Å². The van der Waals surface area contributed by atoms with E-state index in [4.69, 9.17) is 4.42 Å². The van der Waals surface area contributed by atoms with Crippen molar-refractivity contribution in [3.63, 3.8) is 0 Å². The summed E-state index contributed by atoms with van der Waals surface area (Å²) < 4.78 is 5.27. The lowest BCUT2D eigenvalue weighted by molar-refractivity contribution is 0.0641. The fourth-order valence-electron chi connectivity index (χ4n) is 3.55. The first-order valence-corrected chi connectivity index (χ1v) is 8.97. The van der Waals surface area contributed by atoms with Gasteiger partial charge in [0, 0.05) is 31.4 Å². The van der Waals surface area contributed by atoms with E-state index in [9.17, 15) is 4.79 Å². The molecule has 1 amide bonds. The molecule has 1 atom stereocenters. The average Bonchev–Trinajstić information content (AvgIpc) is 3.23. The van der Waals surface area contributed by atoms with Crippen molar-refractivity contribution in [3.05, 3.63) is 78.8 Å². The van der Waals surface area contributed by atoms with Crippen LogP contribution in [0, 0.1) is 0 Å². The zero-order valence-electron chi connectivity index (χ0n) is 14.8. The molecule has 0 saturated carbocycles. The Hall–Kier alpha value is -3.01. The van der Waals surface area contributed by atoms with E-state index in [2.05, 4.69) is 60.4 Å². The second-order valence-electron chi connectivity index (χ2n) is 6.69. The van der Waals surface area contributed by atoms with E-state index in [1.165, 1.54) is 16.8 Å². The molecule has 1 fully saturated rings. The van der Waals surface area contributed by atoms with Crippen molar-refractivity contribution in [3.8, 4) is 11.1 Å². The Kier molecular flexibility index (Phi) is 4.48. The van der Waals surface area contributed by atoms with E-state index in [0.29, 0.717) is 12.3 Å². The molecule has 1 aliphatic rings. The second kappa shape index (κ2) is 7.08. The summed E-state index contributed by atoms with van der Waals surface area (Å²) in [6.45, 7) is 4.41. The number of anilines is 1. The molecule has 3 aromatic rings. The van der Waals surface area contributed by atoms with Crippen molar-refractivity contribution in [2.75, 3.05) is 24.5 Å². The molecule has 0 radical (unpaired) electrons. The summed E-state index contributed by atoms with van der Waals surface area (Å²) in [4.78, 5) is 16.8. The Balaban J connectivity index is 1.50. The molecule has 1 aromatic heterocycles. The Bertz CT molecular complexity index is 874. The molecule has 4 heteroatoms. The van der Waals surface area contributed by atoms with Crippen LogP contribution in [0.4, 0.5) is 5.69 Å². The second-order valence-corrected chi connectivity index (χ2v) is 6.69. The highest BCUT2D eigenvalue weighted by molar-refractivity contribution is 5.91. The third-order valence-corrected chi connectivity index (χ3v) is 4.94. The predicted octanol–water partition coefficient (Wildman–Crippen LogP) is 4.30. The topological polar surface area (TPSA) is 36.7 Å². The van der Waals surface area contributed by atoms with Crippen LogP contribution in [0.2, 0.25) is 0 Å². The molecule has 0 N–H and O–H groups in total. The molecule has 1 saturated heterocycles. The van der Waals surface area contributed by atoms with E-state index in [-0.39, 0.29) is 11.9 Å². The standard InChI is InChI=1S/C22H22N2O2/c1-17-16-23(12-13-24(17)22(25)21-11-6-14-26-21)20-10-5-9-19(15-20)18-7-3-2-4-8-18/h2-11,14-15,17H,12-13,16H2,1H3. The van der Waals surface area contributed by atoms with Gasteiger partial charge in [0.05, 0.1) is 6.26 Å². The van der Waals surface area contributed by atoms with Crippen molar-refractivity contribution in [2.45, 2.75) is 13.0 Å². The minimum atomic E-state index is -0.0276. The van der Waals surface area contributed by atoms with Crippen LogP contribution in [-0.4, -0.2) is 36.5 Å². The van der Waals surface area contributed by atoms with Crippen molar-refractivity contribution in [2.24, 2.45) is 0 Å². The first kappa shape index (κ1) is 16.5. The fourth-order valence-corrected chi connectivity index (χ4v) is 3.55. The van der Waals surface area contributed by atoms with Crippen LogP contribution in [0.1, 0.15) is 17.5 Å². The first-order chi connectivity index (χ1) is 12.7. The van der Waals surface area contributed by atoms with Crippen LogP contribution in [0.15, 0.2) is 77.4 Å². The van der Waals surface area contributed by atoms with E-state index in [1.54, 1.807) is 18.4 Å². The molecular formula is C22H22N2O2. The molecular weight excluding hydrogens is 324 g/mol. The monoisotopic (exact) mass is 346 g/mol. The van der Waals surface area contributed by atoms with Gasteiger partial charge < -0.3 is 14.2 Å². The molecule has 0 spiro atoms. The molecule has 2 aromatic carbocycles. The lowest BCUT2D eigenvalue weighted by Crippen LogP contribution is -2.54. The normalized spacial score (nSPS) is 17.3. The molecule has 1 aliphatic heterocycles. The third-order valence-electron chi connectivity index (χ3n) is 4.94. The summed E-state index contributed by atoms with van der Waals surface area (Å²) in [5.41, 5.74) is 3.63. The molecule has 2 heterocycles. The highest BCUT2D eigenvalue weighted by Crippen LogP contribution is 2.26. The van der Waals surface area contributed by atoms with Crippen molar-refractivity contribution in [1.82, 2.24) is 4.90 Å². The van der Waals surface area contributed by atoms with Gasteiger partial charge in [-0.15, -0.1) is 0 Å². The Morgan fingerprint density at radius 1 is 0.962 bits per heavy atom. The lowest BCUT2D eigenvalue weighted by Gasteiger charge is -2.40. The summed E-state index contributed by atoms with van der Waals surface area (Å²) in [7, 11) is 0. The number of benzene rings is 2. The number of carbonyl (C=O) groups excluding carboxylic acids is 1. The number of amides is 1. The number of carbonyl (C=O) groups is 1. The molecule has 1 unspecified atom stereocenters. The largest absolute Gasteiger partial charge is 0.459 e. The maximum Gasteiger partial charge on any atom is 0.289 e. The molecule has 0 aliphatic carbocycles. The van der Waals surface area contributed by atoms with Gasteiger partial charge in [0.25, 0.3) is 5.91 Å². The molecule has 0 bridgehead atoms. The summed E-state index contributed by atoms with van der Waals surface area (Å²) in [6, 6.07) is 22.6. The van der Waals surface area contributed by atoms with Gasteiger partial charge in [-0.05, 0) is 42.3 Å². The van der Waals surface area contributed by atoms with Gasteiger partial charge in [-0.1, -0.05) is 42.5 Å². The maximum absolute atomic E-state index is 12.6. The Morgan fingerprint density at radius 2 is 1.77 bits per heavy atom. The average molecular weight is 346 g/mol. The van der Waals surface area contributed by atoms with Crippen LogP contribution in [0.5, 0.6) is 0 Å². The zero-order valence-corrected chi connectivity index (χ0v) is 14.8. The summed E-state index contributed by atoms with van der Waals surface area (Å²) in [6.07, 6.45) is 1.54. The zero-order chi connectivity index (χ0) is 17.9. The van der Waals surface area contributed by atoms with Crippen molar-refractivity contribution < 1.29 is 9.21 Å². The number of nitrogens with zero attached hydrogens (tertiary/aromatic N) is 2. The lowest BCUT2D eigenvalue weighted by atomic mass is 10.0. The third kappa shape index (κ3) is 3.23. The number of piperazine rings is 1. The van der Waals surface area contributed by atoms with Crippen LogP contribution in [0.3, 0.4) is 0 Å². The van der Waals surface area contributed by atoms with Crippen LogP contribution < -0.4 is 4.90 Å². The highest BCUT2D eigenvalue weighted by Gasteiger charge is 2.29. The van der Waals surface area contributed by atoms with Gasteiger partial charge in [0.2, 0.25) is 0 Å². The van der Waals surface area contributed by atoms with E-state index >= 15 is 0 Å². The Morgan fingerprint density at radius 3 is 2.50 bits per heavy atom. The number of rotatable bonds is 3. The van der Waals surface area contributed by atoms with Crippen molar-refractivity contribution >= 4 is 11.6 Å². The van der Waals surface area contributed by atoms with Crippen molar-refractivity contribution in [1.29, 1.82) is 0 Å². The van der Waals surface area contributed by atoms with Gasteiger partial charge >= 0.3 is 0 Å². The van der Waals surface area contributed by atoms with Crippen LogP contribution in [0.25, 0.3) is 11.1 Å². The fraction of sp³-hybridized carbons (Fsp3) is 0.227. The highest BCUT2D eigenvalue weighted by atomic mass is 16.3. The summed E-state index contributed by atoms with van der Waals surface area (Å²) in [5, 5.41) is 0. The number of furan rings is 1. The smallest absolute Gasteiger partial charge is 0.289 e. The van der Waals surface area contributed by atoms with Gasteiger partial charge in [0.15, 0.2) is 5.76 Å². The SMILES string of the molecule is CC1CN(c2cccc(-c3ccccc3)c2)CCN1C(=O)c1ccco1. The number of hydrogen-bond donors (Lipinski definition) is 0. The van der Waals surface area contributed by atoms with Gasteiger partial charge in [-0.25, -0.2) is 0 Å². The quantitative estimate of drug-likeness (QED) is 0.709. The first-order valence-electron chi connectivity index (χ1n) is 8.97. The summed E-state index contributed by atoms with van der Waals surface area (Å²) >= 11 is 0. The maximum atomic E-state index is 12.6. The minimum Gasteiger partial charge on any atom is -0.459 e. The van der Waals surface area contributed by atoms with Crippen LogP contribution >= 0.6 is 0 Å². The summed E-state index contributed by atoms with van der Waals surface area (Å²) in [5.74, 6) is 0.386. The Labute approximate surface area is 153 Å². The predicted molar refractivity (Wildman–Crippen MR) is 103 cm³/mol. The number of hydrogen-bond acceptors (Lipinski definition) is 3. The van der Waals surface area contributed by atoms with Gasteiger partial charge in [-0.3, -0.25) is 4.79 Å². The molecule has 132 valence electrons. The van der Waals surface area contributed by atoms with E-state index in [0.717, 1.165) is 13.1 Å².